The average molecular weight is 723 g/mol. The van der Waals surface area contributed by atoms with Crippen LogP contribution in [0.1, 0.15) is 50.8 Å². The number of nitroso groups, excluding NO2 is 1. The number of benzene rings is 2. The summed E-state index contributed by atoms with van der Waals surface area (Å²) in [5.41, 5.74) is 2.26. The van der Waals surface area contributed by atoms with Crippen molar-refractivity contribution in [3.8, 4) is 5.88 Å². The first-order valence-electron chi connectivity index (χ1n) is 17.3. The van der Waals surface area contributed by atoms with Crippen LogP contribution in [-0.4, -0.2) is 96.0 Å². The van der Waals surface area contributed by atoms with Gasteiger partial charge in [-0.2, -0.15) is 9.21 Å². The van der Waals surface area contributed by atoms with Gasteiger partial charge in [0.2, 0.25) is 21.8 Å². The van der Waals surface area contributed by atoms with E-state index in [2.05, 4.69) is 15.5 Å². The van der Waals surface area contributed by atoms with E-state index >= 15 is 0 Å². The van der Waals surface area contributed by atoms with Gasteiger partial charge in [0.05, 0.1) is 24.2 Å². The Labute approximate surface area is 301 Å². The second kappa shape index (κ2) is 18.2. The summed E-state index contributed by atoms with van der Waals surface area (Å²) in [6.45, 7) is 8.51. The predicted molar refractivity (Wildman–Crippen MR) is 194 cm³/mol. The number of aromatic nitrogens is 1. The second-order valence-electron chi connectivity index (χ2n) is 13.5. The molecule has 4 atom stereocenters. The molecule has 3 aromatic rings. The van der Waals surface area contributed by atoms with Gasteiger partial charge in [0.25, 0.3) is 0 Å². The number of carbonyl (C=O) groups is 2. The monoisotopic (exact) mass is 722 g/mol. The zero-order valence-electron chi connectivity index (χ0n) is 30.0. The molecule has 1 aliphatic rings. The first-order valence-corrected chi connectivity index (χ1v) is 18.8. The van der Waals surface area contributed by atoms with Crippen molar-refractivity contribution in [3.05, 3.63) is 94.5 Å². The first-order chi connectivity index (χ1) is 24.4. The van der Waals surface area contributed by atoms with Crippen molar-refractivity contribution in [2.24, 2.45) is 17.0 Å². The topological polar surface area (TPSA) is 162 Å². The number of hydrogen-bond acceptors (Lipinski definition) is 9. The Bertz CT molecular complexity index is 1690. The third kappa shape index (κ3) is 10.3. The number of sulfonamides is 1. The maximum Gasteiger partial charge on any atom is 0.321 e. The highest BCUT2D eigenvalue weighted by Gasteiger charge is 2.41. The molecule has 13 nitrogen and oxygen atoms in total. The lowest BCUT2D eigenvalue weighted by Crippen LogP contribution is -2.57. The molecule has 3 amide bonds. The summed E-state index contributed by atoms with van der Waals surface area (Å²) in [6.07, 6.45) is 1.21. The quantitative estimate of drug-likeness (QED) is 0.172. The van der Waals surface area contributed by atoms with Gasteiger partial charge in [-0.05, 0) is 47.1 Å². The molecule has 2 aromatic carbocycles. The molecular formula is C37H50N6O7S. The molecule has 0 spiro atoms. The molecule has 0 bridgehead atoms. The van der Waals surface area contributed by atoms with Crippen LogP contribution in [0.5, 0.6) is 5.88 Å². The lowest BCUT2D eigenvalue weighted by Gasteiger charge is -2.35. The first kappa shape index (κ1) is 39.4. The Balaban J connectivity index is 1.58. The summed E-state index contributed by atoms with van der Waals surface area (Å²) in [6, 6.07) is 16.9. The number of nitrogens with one attached hydrogen (secondary N) is 1. The van der Waals surface area contributed by atoms with E-state index in [0.29, 0.717) is 37.5 Å². The van der Waals surface area contributed by atoms with Gasteiger partial charge in [0.15, 0.2) is 0 Å². The molecule has 276 valence electrons. The van der Waals surface area contributed by atoms with Crippen molar-refractivity contribution in [1.29, 1.82) is 0 Å². The highest BCUT2D eigenvalue weighted by atomic mass is 32.2. The van der Waals surface area contributed by atoms with E-state index in [-0.39, 0.29) is 48.8 Å². The number of rotatable bonds is 19. The lowest BCUT2D eigenvalue weighted by atomic mass is 9.95. The smallest absolute Gasteiger partial charge is 0.321 e. The van der Waals surface area contributed by atoms with Gasteiger partial charge in [-0.25, -0.2) is 18.2 Å². The fourth-order valence-corrected chi connectivity index (χ4v) is 7.83. The highest BCUT2D eigenvalue weighted by Crippen LogP contribution is 2.24. The Morgan fingerprint density at radius 1 is 1.00 bits per heavy atom. The minimum Gasteiger partial charge on any atom is -0.481 e. The number of carbonyl (C=O) groups excluding carboxylic acids is 2. The van der Waals surface area contributed by atoms with Crippen LogP contribution < -0.4 is 10.1 Å². The fraction of sp³-hybridized carbons (Fsp3) is 0.486. The maximum atomic E-state index is 14.3. The number of amides is 3. The van der Waals surface area contributed by atoms with Gasteiger partial charge in [0.1, 0.15) is 12.6 Å². The molecule has 1 aromatic heterocycles. The Hall–Kier alpha value is -4.40. The summed E-state index contributed by atoms with van der Waals surface area (Å²) in [7, 11) is -2.53. The molecular weight excluding hydrogens is 673 g/mol. The number of urea groups is 1. The number of nitrogens with zero attached hydrogens (tertiary/aromatic N) is 5. The molecule has 0 radical (unpaired) electrons. The van der Waals surface area contributed by atoms with Crippen LogP contribution in [0.2, 0.25) is 0 Å². The predicted octanol–water partition coefficient (Wildman–Crippen LogP) is 4.44. The Morgan fingerprint density at radius 3 is 2.27 bits per heavy atom. The molecule has 14 heteroatoms. The molecule has 0 aliphatic carbocycles. The molecule has 4 rings (SSSR count). The molecule has 2 heterocycles. The van der Waals surface area contributed by atoms with E-state index in [1.807, 2.05) is 64.1 Å². The van der Waals surface area contributed by atoms with Crippen LogP contribution in [0.15, 0.2) is 83.0 Å². The summed E-state index contributed by atoms with van der Waals surface area (Å²) in [5, 5.41) is 17.7. The molecule has 0 unspecified atom stereocenters. The fourth-order valence-electron chi connectivity index (χ4n) is 6.21. The number of pyridine rings is 1. The van der Waals surface area contributed by atoms with Crippen LogP contribution in [0.25, 0.3) is 0 Å². The van der Waals surface area contributed by atoms with Crippen LogP contribution in [-0.2, 0) is 34.3 Å². The van der Waals surface area contributed by atoms with Crippen molar-refractivity contribution in [2.45, 2.75) is 76.7 Å². The molecule has 2 N–H and O–H groups in total. The maximum absolute atomic E-state index is 14.3. The van der Waals surface area contributed by atoms with Crippen LogP contribution >= 0.6 is 0 Å². The molecule has 1 aliphatic heterocycles. The van der Waals surface area contributed by atoms with Gasteiger partial charge in [-0.1, -0.05) is 87.8 Å². The number of ether oxygens (including phenoxy) is 1. The van der Waals surface area contributed by atoms with Crippen molar-refractivity contribution >= 4 is 22.0 Å². The normalized spacial score (nSPS) is 15.9. The lowest BCUT2D eigenvalue weighted by molar-refractivity contribution is -0.128. The van der Waals surface area contributed by atoms with Gasteiger partial charge in [-0.3, -0.25) is 4.79 Å². The van der Waals surface area contributed by atoms with E-state index in [9.17, 15) is 28.0 Å². The van der Waals surface area contributed by atoms with Gasteiger partial charge < -0.3 is 25.0 Å². The van der Waals surface area contributed by atoms with E-state index < -0.39 is 34.1 Å². The summed E-state index contributed by atoms with van der Waals surface area (Å²) < 4.78 is 34.2. The minimum absolute atomic E-state index is 0.0213. The number of aliphatic hydroxyl groups excluding tert-OH is 1. The second-order valence-corrected chi connectivity index (χ2v) is 15.4. The minimum atomic E-state index is -4.07. The van der Waals surface area contributed by atoms with Gasteiger partial charge in [-0.15, -0.1) is 0 Å². The number of aliphatic hydroxyl groups is 1. The van der Waals surface area contributed by atoms with E-state index in [1.165, 1.54) is 23.5 Å². The van der Waals surface area contributed by atoms with E-state index in [1.54, 1.807) is 34.2 Å². The van der Waals surface area contributed by atoms with Crippen molar-refractivity contribution in [1.82, 2.24) is 24.4 Å². The number of methoxy groups -OCH3 is 1. The molecule has 1 saturated heterocycles. The number of hydrogen-bond donors (Lipinski definition) is 2. The van der Waals surface area contributed by atoms with Crippen LogP contribution in [0.4, 0.5) is 4.79 Å². The van der Waals surface area contributed by atoms with Crippen molar-refractivity contribution < 1.29 is 27.9 Å². The third-order valence-electron chi connectivity index (χ3n) is 9.15. The van der Waals surface area contributed by atoms with Crippen LogP contribution in [0.3, 0.4) is 0 Å². The summed E-state index contributed by atoms with van der Waals surface area (Å²) in [5.74, 6) is -0.217. The summed E-state index contributed by atoms with van der Waals surface area (Å²) in [4.78, 5) is 46.2. The Morgan fingerprint density at radius 2 is 1.69 bits per heavy atom. The zero-order valence-corrected chi connectivity index (χ0v) is 30.8. The highest BCUT2D eigenvalue weighted by molar-refractivity contribution is 7.89. The standard InChI is InChI=1S/C37H50N6O7S/c1-6-27(4)35(43-19-18-41(37(43)46)24-30-14-17-34(50-5)38-21-30)36(45)40-32(20-28-10-8-7-9-11-28)33(44)25-42(23-26(2)3)51(48,49)31-15-12-29(13-16-31)22-39-47/h7-17,21,26-27,32-33,35,44H,6,18-20,22-25H2,1-5H3,(H,40,45)/t27-,32-,33+,35-/m0/s1. The van der Waals surface area contributed by atoms with Gasteiger partial charge >= 0.3 is 6.03 Å². The van der Waals surface area contributed by atoms with Crippen LogP contribution in [0, 0.1) is 16.7 Å². The third-order valence-corrected chi connectivity index (χ3v) is 11.0. The average Bonchev–Trinajstić information content (AvgIpc) is 3.46. The SMILES string of the molecule is CC[C@H](C)[C@@H](C(=O)N[C@@H](Cc1ccccc1)[C@H](O)CN(CC(C)C)S(=O)(=O)c1ccc(CN=O)cc1)N1CCN(Cc2ccc(OC)nc2)C1=O. The molecule has 51 heavy (non-hydrogen) atoms. The zero-order chi connectivity index (χ0) is 37.1. The largest absolute Gasteiger partial charge is 0.481 e. The summed E-state index contributed by atoms with van der Waals surface area (Å²) >= 11 is 0. The molecule has 0 saturated carbocycles. The Kier molecular flexibility index (Phi) is 14.1. The molecule has 1 fully saturated rings. The van der Waals surface area contributed by atoms with Crippen molar-refractivity contribution in [2.75, 3.05) is 33.3 Å². The van der Waals surface area contributed by atoms with E-state index in [0.717, 1.165) is 11.1 Å². The van der Waals surface area contributed by atoms with Gasteiger partial charge in [0, 0.05) is 45.0 Å². The van der Waals surface area contributed by atoms with E-state index in [4.69, 9.17) is 4.74 Å². The van der Waals surface area contributed by atoms with Crippen molar-refractivity contribution in [3.63, 3.8) is 0 Å².